The summed E-state index contributed by atoms with van der Waals surface area (Å²) in [6, 6.07) is 0. The van der Waals surface area contributed by atoms with Gasteiger partial charge in [0.25, 0.3) is 0 Å². The van der Waals surface area contributed by atoms with Crippen LogP contribution in [0.2, 0.25) is 0 Å². The van der Waals surface area contributed by atoms with Gasteiger partial charge >= 0.3 is 5.97 Å². The van der Waals surface area contributed by atoms with Crippen LogP contribution in [0.5, 0.6) is 0 Å². The van der Waals surface area contributed by atoms with Gasteiger partial charge in [-0.1, -0.05) is 26.0 Å². The Morgan fingerprint density at radius 2 is 2.19 bits per heavy atom. The Labute approximate surface area is 95.5 Å². The molecule has 4 nitrogen and oxygen atoms in total. The Morgan fingerprint density at radius 1 is 1.56 bits per heavy atom. The molecule has 0 bridgehead atoms. The van der Waals surface area contributed by atoms with Crippen LogP contribution in [0.3, 0.4) is 0 Å². The van der Waals surface area contributed by atoms with E-state index >= 15 is 0 Å². The van der Waals surface area contributed by atoms with Crippen molar-refractivity contribution in [1.29, 1.82) is 0 Å². The van der Waals surface area contributed by atoms with Gasteiger partial charge in [-0.25, -0.2) is 9.68 Å². The molecule has 0 aromatic rings. The van der Waals surface area contributed by atoms with Crippen molar-refractivity contribution in [3.8, 4) is 0 Å². The van der Waals surface area contributed by atoms with Crippen molar-refractivity contribution >= 4 is 5.97 Å². The summed E-state index contributed by atoms with van der Waals surface area (Å²) >= 11 is 0. The predicted octanol–water partition coefficient (Wildman–Crippen LogP) is 2.32. The summed E-state index contributed by atoms with van der Waals surface area (Å²) in [6.45, 7) is 7.71. The van der Waals surface area contributed by atoms with E-state index in [2.05, 4.69) is 4.89 Å². The van der Waals surface area contributed by atoms with Crippen molar-refractivity contribution in [3.63, 3.8) is 0 Å². The smallest absolute Gasteiger partial charge is 0.334 e. The van der Waals surface area contributed by atoms with Gasteiger partial charge in [-0.15, -0.1) is 0 Å². The molecule has 0 spiro atoms. The standard InChI is InChI=1S/C12H18O4/c1-5-15-11(13)10-8(2)9(16-14)6-7-12(10,3)4/h6-7,9,14H,5H2,1-4H3. The molecule has 0 aromatic heterocycles. The van der Waals surface area contributed by atoms with Gasteiger partial charge in [0.1, 0.15) is 6.10 Å². The van der Waals surface area contributed by atoms with E-state index in [9.17, 15) is 4.79 Å². The number of carbonyl (C=O) groups excluding carboxylic acids is 1. The number of esters is 1. The lowest BCUT2D eigenvalue weighted by molar-refractivity contribution is -0.257. The van der Waals surface area contributed by atoms with Crippen LogP contribution in [0, 0.1) is 5.41 Å². The molecule has 0 amide bonds. The highest BCUT2D eigenvalue weighted by Crippen LogP contribution is 2.37. The van der Waals surface area contributed by atoms with Crippen molar-refractivity contribution in [2.45, 2.75) is 33.8 Å². The van der Waals surface area contributed by atoms with E-state index in [1.165, 1.54) is 0 Å². The zero-order valence-corrected chi connectivity index (χ0v) is 10.1. The van der Waals surface area contributed by atoms with Crippen LogP contribution in [0.15, 0.2) is 23.3 Å². The summed E-state index contributed by atoms with van der Waals surface area (Å²) in [5, 5.41) is 8.72. The molecule has 0 aliphatic heterocycles. The molecular formula is C12H18O4. The van der Waals surface area contributed by atoms with Gasteiger partial charge in [0, 0.05) is 11.0 Å². The second-order valence-electron chi connectivity index (χ2n) is 4.39. The molecule has 0 fully saturated rings. The predicted molar refractivity (Wildman–Crippen MR) is 59.8 cm³/mol. The van der Waals surface area contributed by atoms with Crippen LogP contribution in [0.4, 0.5) is 0 Å². The van der Waals surface area contributed by atoms with Gasteiger partial charge in [-0.05, 0) is 19.4 Å². The molecule has 0 heterocycles. The molecule has 1 aliphatic carbocycles. The molecular weight excluding hydrogens is 208 g/mol. The molecule has 0 saturated carbocycles. The van der Waals surface area contributed by atoms with Crippen LogP contribution in [0.25, 0.3) is 0 Å². The lowest BCUT2D eigenvalue weighted by Crippen LogP contribution is -2.30. The summed E-state index contributed by atoms with van der Waals surface area (Å²) < 4.78 is 5.01. The molecule has 0 saturated heterocycles. The zero-order chi connectivity index (χ0) is 12.3. The van der Waals surface area contributed by atoms with Crippen molar-refractivity contribution in [2.24, 2.45) is 5.41 Å². The third-order valence-electron chi connectivity index (χ3n) is 2.75. The number of carbonyl (C=O) groups is 1. The number of hydrogen-bond acceptors (Lipinski definition) is 4. The summed E-state index contributed by atoms with van der Waals surface area (Å²) in [4.78, 5) is 16.1. The molecule has 1 atom stereocenters. The first-order valence-electron chi connectivity index (χ1n) is 5.32. The summed E-state index contributed by atoms with van der Waals surface area (Å²) in [5.74, 6) is -0.351. The lowest BCUT2D eigenvalue weighted by atomic mass is 9.76. The summed E-state index contributed by atoms with van der Waals surface area (Å²) in [7, 11) is 0. The number of allylic oxidation sites excluding steroid dienone is 1. The molecule has 16 heavy (non-hydrogen) atoms. The average molecular weight is 226 g/mol. The van der Waals surface area contributed by atoms with Crippen LogP contribution in [0.1, 0.15) is 27.7 Å². The zero-order valence-electron chi connectivity index (χ0n) is 10.1. The van der Waals surface area contributed by atoms with Crippen LogP contribution in [-0.2, 0) is 14.4 Å². The minimum Gasteiger partial charge on any atom is -0.463 e. The number of rotatable bonds is 3. The topological polar surface area (TPSA) is 55.8 Å². The highest BCUT2D eigenvalue weighted by Gasteiger charge is 2.34. The first-order chi connectivity index (χ1) is 7.44. The Kier molecular flexibility index (Phi) is 3.88. The van der Waals surface area contributed by atoms with Crippen LogP contribution in [-0.4, -0.2) is 23.9 Å². The maximum Gasteiger partial charge on any atom is 0.334 e. The SMILES string of the molecule is CCOC(=O)C1=C(C)C(OO)C=CC1(C)C. The van der Waals surface area contributed by atoms with E-state index in [4.69, 9.17) is 9.99 Å². The maximum absolute atomic E-state index is 11.8. The molecule has 4 heteroatoms. The van der Waals surface area contributed by atoms with E-state index in [1.54, 1.807) is 19.9 Å². The fourth-order valence-corrected chi connectivity index (χ4v) is 1.95. The highest BCUT2D eigenvalue weighted by molar-refractivity contribution is 5.92. The number of hydrogen-bond donors (Lipinski definition) is 1. The van der Waals surface area contributed by atoms with Crippen molar-refractivity contribution < 1.29 is 19.7 Å². The summed E-state index contributed by atoms with van der Waals surface area (Å²) in [5.41, 5.74) is 0.843. The molecule has 1 aliphatic rings. The van der Waals surface area contributed by atoms with Crippen LogP contribution < -0.4 is 0 Å². The third kappa shape index (κ3) is 2.33. The molecule has 0 radical (unpaired) electrons. The van der Waals surface area contributed by atoms with Gasteiger partial charge in [0.05, 0.1) is 6.61 Å². The molecule has 1 unspecified atom stereocenters. The Bertz CT molecular complexity index is 339. The quantitative estimate of drug-likeness (QED) is 0.347. The number of ether oxygens (including phenoxy) is 1. The Hall–Kier alpha value is -1.13. The Morgan fingerprint density at radius 3 is 2.69 bits per heavy atom. The van der Waals surface area contributed by atoms with E-state index in [0.29, 0.717) is 17.8 Å². The van der Waals surface area contributed by atoms with E-state index in [-0.39, 0.29) is 5.97 Å². The maximum atomic E-state index is 11.8. The fourth-order valence-electron chi connectivity index (χ4n) is 1.95. The molecule has 1 N–H and O–H groups in total. The van der Waals surface area contributed by atoms with Crippen LogP contribution >= 0.6 is 0 Å². The van der Waals surface area contributed by atoms with Gasteiger partial charge in [-0.3, -0.25) is 5.26 Å². The van der Waals surface area contributed by atoms with Gasteiger partial charge in [0.15, 0.2) is 0 Å². The lowest BCUT2D eigenvalue weighted by Gasteiger charge is -2.30. The average Bonchev–Trinajstić information content (AvgIpc) is 2.17. The van der Waals surface area contributed by atoms with E-state index in [0.717, 1.165) is 0 Å². The molecule has 1 rings (SSSR count). The summed E-state index contributed by atoms with van der Waals surface area (Å²) in [6.07, 6.45) is 3.01. The van der Waals surface area contributed by atoms with E-state index in [1.807, 2.05) is 19.9 Å². The fraction of sp³-hybridized carbons (Fsp3) is 0.583. The first kappa shape index (κ1) is 12.9. The minimum atomic E-state index is -0.563. The van der Waals surface area contributed by atoms with Gasteiger partial charge < -0.3 is 4.74 Å². The second kappa shape index (κ2) is 4.80. The van der Waals surface area contributed by atoms with Crippen molar-refractivity contribution in [1.82, 2.24) is 0 Å². The normalized spacial score (nSPS) is 23.4. The minimum absolute atomic E-state index is 0.333. The second-order valence-corrected chi connectivity index (χ2v) is 4.39. The van der Waals surface area contributed by atoms with Crippen molar-refractivity contribution in [3.05, 3.63) is 23.3 Å². The highest BCUT2D eigenvalue weighted by atomic mass is 17.1. The molecule has 90 valence electrons. The third-order valence-corrected chi connectivity index (χ3v) is 2.75. The monoisotopic (exact) mass is 226 g/mol. The van der Waals surface area contributed by atoms with E-state index < -0.39 is 11.5 Å². The first-order valence-corrected chi connectivity index (χ1v) is 5.32. The molecule has 0 aromatic carbocycles. The van der Waals surface area contributed by atoms with Gasteiger partial charge in [0.2, 0.25) is 0 Å². The van der Waals surface area contributed by atoms with Crippen molar-refractivity contribution in [2.75, 3.05) is 6.61 Å². The van der Waals surface area contributed by atoms with Gasteiger partial charge in [-0.2, -0.15) is 0 Å². The Balaban J connectivity index is 3.11. The largest absolute Gasteiger partial charge is 0.463 e.